The van der Waals surface area contributed by atoms with Crippen LogP contribution in [0.3, 0.4) is 0 Å². The third-order valence-electron chi connectivity index (χ3n) is 10.6. The number of hydrogen-bond donors (Lipinski definition) is 0. The van der Waals surface area contributed by atoms with E-state index in [1.807, 2.05) is 6.92 Å². The van der Waals surface area contributed by atoms with E-state index in [4.69, 9.17) is 9.47 Å². The van der Waals surface area contributed by atoms with Crippen LogP contribution in [0.4, 0.5) is 17.6 Å². The minimum Gasteiger partial charge on any atom is -0.490 e. The van der Waals surface area contributed by atoms with Gasteiger partial charge in [0, 0.05) is 6.61 Å². The molecule has 42 heavy (non-hydrogen) atoms. The molecule has 0 saturated heterocycles. The van der Waals surface area contributed by atoms with E-state index < -0.39 is 23.3 Å². The Bertz CT molecular complexity index is 1160. The molecule has 0 radical (unpaired) electrons. The Hall–Kier alpha value is -2.08. The van der Waals surface area contributed by atoms with Crippen LogP contribution in [0.5, 0.6) is 5.75 Å². The van der Waals surface area contributed by atoms with Gasteiger partial charge in [0.2, 0.25) is 5.82 Å². The second-order valence-corrected chi connectivity index (χ2v) is 13.3. The predicted octanol–water partition coefficient (Wildman–Crippen LogP) is 10.6. The van der Waals surface area contributed by atoms with Gasteiger partial charge in [0.25, 0.3) is 0 Å². The monoisotopic (exact) mass is 588 g/mol. The molecule has 2 aromatic carbocycles. The number of benzene rings is 2. The molecule has 0 bridgehead atoms. The quantitative estimate of drug-likeness (QED) is 0.203. The van der Waals surface area contributed by atoms with Gasteiger partial charge in [-0.25, -0.2) is 13.2 Å². The number of hydrogen-bond acceptors (Lipinski definition) is 2. The molecule has 0 amide bonds. The van der Waals surface area contributed by atoms with E-state index in [0.717, 1.165) is 83.7 Å². The van der Waals surface area contributed by atoms with Crippen molar-refractivity contribution in [1.29, 1.82) is 0 Å². The third-order valence-corrected chi connectivity index (χ3v) is 10.6. The zero-order valence-electron chi connectivity index (χ0n) is 25.4. The molecule has 0 unspecified atom stereocenters. The summed E-state index contributed by atoms with van der Waals surface area (Å²) >= 11 is 0. The van der Waals surface area contributed by atoms with Crippen molar-refractivity contribution in [2.24, 2.45) is 17.8 Å². The van der Waals surface area contributed by atoms with Gasteiger partial charge < -0.3 is 9.47 Å². The summed E-state index contributed by atoms with van der Waals surface area (Å²) < 4.78 is 69.8. The number of halogens is 4. The lowest BCUT2D eigenvalue weighted by molar-refractivity contribution is -0.0149. The Kier molecular flexibility index (Phi) is 10.9. The van der Waals surface area contributed by atoms with E-state index in [2.05, 4.69) is 0 Å². The van der Waals surface area contributed by atoms with Crippen molar-refractivity contribution >= 4 is 0 Å². The van der Waals surface area contributed by atoms with Crippen LogP contribution >= 0.6 is 0 Å². The van der Waals surface area contributed by atoms with Crippen molar-refractivity contribution in [3.63, 3.8) is 0 Å². The highest BCUT2D eigenvalue weighted by Crippen LogP contribution is 2.45. The van der Waals surface area contributed by atoms with Crippen LogP contribution in [0.15, 0.2) is 24.3 Å². The van der Waals surface area contributed by atoms with Gasteiger partial charge in [-0.05, 0) is 143 Å². The summed E-state index contributed by atoms with van der Waals surface area (Å²) in [6.07, 6.45) is 14.4. The summed E-state index contributed by atoms with van der Waals surface area (Å²) in [5.74, 6) is -0.877. The van der Waals surface area contributed by atoms with Crippen LogP contribution < -0.4 is 4.74 Å². The lowest BCUT2D eigenvalue weighted by atomic mass is 9.69. The Labute approximate surface area is 249 Å². The lowest BCUT2D eigenvalue weighted by Crippen LogP contribution is -2.30. The summed E-state index contributed by atoms with van der Waals surface area (Å²) in [7, 11) is 0. The van der Waals surface area contributed by atoms with Gasteiger partial charge in [0.15, 0.2) is 23.2 Å². The van der Waals surface area contributed by atoms with Crippen LogP contribution in [0, 0.1) is 47.9 Å². The minimum atomic E-state index is -0.840. The number of ether oxygens (including phenoxy) is 2. The first-order valence-electron chi connectivity index (χ1n) is 16.5. The highest BCUT2D eigenvalue weighted by atomic mass is 19.2. The number of aryl methyl sites for hydroxylation is 1. The lowest BCUT2D eigenvalue weighted by Gasteiger charge is -2.38. The minimum absolute atomic E-state index is 0.0272. The summed E-state index contributed by atoms with van der Waals surface area (Å²) in [4.78, 5) is 0. The molecule has 0 atom stereocenters. The molecule has 3 fully saturated rings. The van der Waals surface area contributed by atoms with Gasteiger partial charge in [0.05, 0.1) is 12.7 Å². The fourth-order valence-electron chi connectivity index (χ4n) is 7.82. The molecule has 2 nitrogen and oxygen atoms in total. The van der Waals surface area contributed by atoms with Crippen LogP contribution in [0.2, 0.25) is 0 Å². The summed E-state index contributed by atoms with van der Waals surface area (Å²) in [6, 6.07) is 6.79. The first-order chi connectivity index (χ1) is 20.4. The van der Waals surface area contributed by atoms with Crippen LogP contribution in [0.1, 0.15) is 125 Å². The molecule has 3 saturated carbocycles. The first-order valence-corrected chi connectivity index (χ1v) is 16.5. The largest absolute Gasteiger partial charge is 0.490 e. The normalized spacial score (nSPS) is 28.5. The van der Waals surface area contributed by atoms with Crippen molar-refractivity contribution in [3.8, 4) is 5.75 Å². The van der Waals surface area contributed by atoms with E-state index >= 15 is 0 Å². The number of rotatable bonds is 10. The van der Waals surface area contributed by atoms with Gasteiger partial charge in [-0.3, -0.25) is 0 Å². The highest BCUT2D eigenvalue weighted by Gasteiger charge is 2.33. The second-order valence-electron chi connectivity index (χ2n) is 13.3. The van der Waals surface area contributed by atoms with Crippen molar-refractivity contribution in [1.82, 2.24) is 0 Å². The molecule has 5 rings (SSSR count). The van der Waals surface area contributed by atoms with Gasteiger partial charge >= 0.3 is 0 Å². The summed E-state index contributed by atoms with van der Waals surface area (Å²) in [6.45, 7) is 4.82. The van der Waals surface area contributed by atoms with Gasteiger partial charge in [-0.2, -0.15) is 4.39 Å². The maximum Gasteiger partial charge on any atom is 0.200 e. The Morgan fingerprint density at radius 1 is 0.643 bits per heavy atom. The summed E-state index contributed by atoms with van der Waals surface area (Å²) in [5.41, 5.74) is 1.41. The second kappa shape index (κ2) is 14.6. The fraction of sp³-hybridized carbons (Fsp3) is 0.667. The first kappa shape index (κ1) is 31.3. The topological polar surface area (TPSA) is 18.5 Å². The Balaban J connectivity index is 1.01. The highest BCUT2D eigenvalue weighted by molar-refractivity contribution is 5.33. The molecule has 3 aliphatic rings. The fourth-order valence-corrected chi connectivity index (χ4v) is 7.82. The van der Waals surface area contributed by atoms with Gasteiger partial charge in [-0.1, -0.05) is 31.5 Å². The molecular formula is C36H48F4O2. The van der Waals surface area contributed by atoms with E-state index in [0.29, 0.717) is 47.2 Å². The molecule has 0 aliphatic heterocycles. The molecule has 0 N–H and O–H groups in total. The standard InChI is InChI=1S/C36H48F4O2/c1-3-4-21-41-32-20-19-31(35(39)36(32)40)28-12-10-25(11-13-28)26-14-16-29(17-15-26)42-22-24-6-8-27(9-7-24)30-18-5-23(2)33(37)34(30)38/h5,18-20,24-29H,3-4,6-17,21-22H2,1-2H3. The van der Waals surface area contributed by atoms with Gasteiger partial charge in [-0.15, -0.1) is 0 Å². The molecule has 3 aliphatic carbocycles. The molecule has 0 heterocycles. The van der Waals surface area contributed by atoms with E-state index in [1.54, 1.807) is 31.2 Å². The maximum atomic E-state index is 14.9. The molecule has 0 aromatic heterocycles. The Morgan fingerprint density at radius 3 is 1.81 bits per heavy atom. The Morgan fingerprint density at radius 2 is 1.19 bits per heavy atom. The van der Waals surface area contributed by atoms with Crippen molar-refractivity contribution in [2.45, 2.75) is 122 Å². The molecule has 232 valence electrons. The van der Waals surface area contributed by atoms with E-state index in [1.165, 1.54) is 12.8 Å². The van der Waals surface area contributed by atoms with E-state index in [9.17, 15) is 17.6 Å². The van der Waals surface area contributed by atoms with Crippen LogP contribution in [-0.4, -0.2) is 19.3 Å². The zero-order valence-corrected chi connectivity index (χ0v) is 25.4. The van der Waals surface area contributed by atoms with Crippen molar-refractivity contribution in [2.75, 3.05) is 13.2 Å². The smallest absolute Gasteiger partial charge is 0.200 e. The molecular weight excluding hydrogens is 540 g/mol. The molecule has 0 spiro atoms. The average molecular weight is 589 g/mol. The van der Waals surface area contributed by atoms with Crippen LogP contribution in [0.25, 0.3) is 0 Å². The SMILES string of the molecule is CCCCOc1ccc(C2CCC(C3CCC(OCC4CCC(c5ccc(C)c(F)c5F)CC4)CC3)CC2)c(F)c1F. The molecule has 6 heteroatoms. The average Bonchev–Trinajstić information content (AvgIpc) is 3.02. The summed E-state index contributed by atoms with van der Waals surface area (Å²) in [5, 5.41) is 0. The van der Waals surface area contributed by atoms with Crippen molar-refractivity contribution in [3.05, 3.63) is 64.2 Å². The zero-order chi connectivity index (χ0) is 29.6. The number of unbranched alkanes of at least 4 members (excludes halogenated alkanes) is 1. The third kappa shape index (κ3) is 7.34. The maximum absolute atomic E-state index is 14.9. The van der Waals surface area contributed by atoms with Crippen molar-refractivity contribution < 1.29 is 27.0 Å². The van der Waals surface area contributed by atoms with Gasteiger partial charge in [0.1, 0.15) is 0 Å². The predicted molar refractivity (Wildman–Crippen MR) is 159 cm³/mol. The molecule has 2 aromatic rings. The van der Waals surface area contributed by atoms with Crippen LogP contribution in [-0.2, 0) is 4.74 Å². The van der Waals surface area contributed by atoms with E-state index in [-0.39, 0.29) is 17.6 Å².